The Balaban J connectivity index is 0.000000194. The van der Waals surface area contributed by atoms with E-state index in [2.05, 4.69) is 0 Å². The van der Waals surface area contributed by atoms with Crippen LogP contribution in [0, 0.1) is 6.92 Å². The highest BCUT2D eigenvalue weighted by molar-refractivity contribution is 7.89. The second-order valence-corrected chi connectivity index (χ2v) is 7.78. The highest BCUT2D eigenvalue weighted by Gasteiger charge is 2.32. The maximum absolute atomic E-state index is 11.7. The zero-order valence-electron chi connectivity index (χ0n) is 14.6. The molecule has 0 atom stereocenters. The fourth-order valence-corrected chi connectivity index (χ4v) is 3.67. The normalized spacial score (nSPS) is 13.4. The van der Waals surface area contributed by atoms with Gasteiger partial charge in [-0.15, -0.1) is 0 Å². The highest BCUT2D eigenvalue weighted by Crippen LogP contribution is 2.21. The summed E-state index contributed by atoms with van der Waals surface area (Å²) in [6, 6.07) is 10.9. The molecule has 0 radical (unpaired) electrons. The molecule has 144 valence electrons. The van der Waals surface area contributed by atoms with Gasteiger partial charge in [0.25, 0.3) is 0 Å². The Hall–Kier alpha value is -2.75. The summed E-state index contributed by atoms with van der Waals surface area (Å²) < 4.78 is 24.8. The lowest BCUT2D eigenvalue weighted by atomic mass is 10.0. The second kappa shape index (κ2) is 8.30. The third-order valence-electron chi connectivity index (χ3n) is 4.00. The first-order chi connectivity index (χ1) is 12.7. The molecule has 2 aromatic rings. The summed E-state index contributed by atoms with van der Waals surface area (Å²) in [7, 11) is -3.20. The topological polar surface area (TPSA) is 138 Å². The van der Waals surface area contributed by atoms with Crippen LogP contribution in [0.4, 0.5) is 0 Å². The van der Waals surface area contributed by atoms with Crippen LogP contribution >= 0.6 is 0 Å². The standard InChI is InChI=1S/C9H12N2O2S.C9H8O4/c10-7-8-1-3-9(4-2-8)14(12,13)11-5-6-11;1-5-6(8(10)11)3-2-4-7(5)9(12)13/h1-4H,5-7,10H2;2-4H,1H3,(H,10,11)(H,12,13). The van der Waals surface area contributed by atoms with Gasteiger partial charge in [0.1, 0.15) is 0 Å². The molecule has 0 aromatic heterocycles. The first-order valence-corrected chi connectivity index (χ1v) is 9.48. The van der Waals surface area contributed by atoms with Crippen LogP contribution in [0.25, 0.3) is 0 Å². The number of rotatable bonds is 5. The fraction of sp³-hybridized carbons (Fsp3) is 0.222. The quantitative estimate of drug-likeness (QED) is 0.656. The molecule has 2 aromatic carbocycles. The van der Waals surface area contributed by atoms with Crippen molar-refractivity contribution in [2.75, 3.05) is 13.1 Å². The van der Waals surface area contributed by atoms with Crippen LogP contribution in [0.1, 0.15) is 31.8 Å². The van der Waals surface area contributed by atoms with Crippen molar-refractivity contribution in [3.8, 4) is 0 Å². The number of nitrogens with zero attached hydrogens (tertiary/aromatic N) is 1. The lowest BCUT2D eigenvalue weighted by Gasteiger charge is -2.04. The van der Waals surface area contributed by atoms with E-state index in [0.717, 1.165) is 5.56 Å². The second-order valence-electron chi connectivity index (χ2n) is 5.84. The van der Waals surface area contributed by atoms with E-state index in [9.17, 15) is 18.0 Å². The highest BCUT2D eigenvalue weighted by atomic mass is 32.2. The van der Waals surface area contributed by atoms with Crippen molar-refractivity contribution in [2.45, 2.75) is 18.4 Å². The Morgan fingerprint density at radius 1 is 1.00 bits per heavy atom. The van der Waals surface area contributed by atoms with Crippen LogP contribution in [-0.2, 0) is 16.6 Å². The Bertz CT molecular complexity index is 918. The Morgan fingerprint density at radius 2 is 1.48 bits per heavy atom. The average molecular weight is 392 g/mol. The van der Waals surface area contributed by atoms with Gasteiger partial charge in [-0.1, -0.05) is 18.2 Å². The maximum atomic E-state index is 11.7. The monoisotopic (exact) mass is 392 g/mol. The van der Waals surface area contributed by atoms with E-state index in [1.54, 1.807) is 24.3 Å². The number of aromatic carboxylic acids is 2. The Morgan fingerprint density at radius 3 is 1.85 bits per heavy atom. The van der Waals surface area contributed by atoms with Crippen molar-refractivity contribution in [3.05, 3.63) is 64.7 Å². The molecule has 3 rings (SSSR count). The largest absolute Gasteiger partial charge is 0.478 e. The van der Waals surface area contributed by atoms with Gasteiger partial charge >= 0.3 is 11.9 Å². The third-order valence-corrected chi connectivity index (χ3v) is 5.91. The van der Waals surface area contributed by atoms with Crippen LogP contribution in [0.3, 0.4) is 0 Å². The van der Waals surface area contributed by atoms with Gasteiger partial charge in [-0.05, 0) is 42.3 Å². The van der Waals surface area contributed by atoms with E-state index in [0.29, 0.717) is 24.5 Å². The Labute approximate surface area is 156 Å². The lowest BCUT2D eigenvalue weighted by Crippen LogP contribution is -2.11. The minimum Gasteiger partial charge on any atom is -0.478 e. The Kier molecular flexibility index (Phi) is 6.32. The van der Waals surface area contributed by atoms with Gasteiger partial charge in [-0.25, -0.2) is 18.0 Å². The number of benzene rings is 2. The first kappa shape index (κ1) is 20.6. The molecule has 1 aliphatic rings. The van der Waals surface area contributed by atoms with Crippen molar-refractivity contribution in [1.82, 2.24) is 4.31 Å². The van der Waals surface area contributed by atoms with Crippen molar-refractivity contribution >= 4 is 22.0 Å². The van der Waals surface area contributed by atoms with Gasteiger partial charge in [0.2, 0.25) is 10.0 Å². The van der Waals surface area contributed by atoms with E-state index in [4.69, 9.17) is 15.9 Å². The molecule has 1 saturated heterocycles. The fourth-order valence-electron chi connectivity index (χ4n) is 2.33. The number of carbonyl (C=O) groups is 2. The van der Waals surface area contributed by atoms with Crippen LogP contribution in [-0.4, -0.2) is 48.0 Å². The molecule has 0 amide bonds. The summed E-state index contributed by atoms with van der Waals surface area (Å²) in [4.78, 5) is 21.6. The van der Waals surface area contributed by atoms with E-state index < -0.39 is 22.0 Å². The lowest BCUT2D eigenvalue weighted by molar-refractivity contribution is 0.0696. The minimum atomic E-state index is -3.20. The van der Waals surface area contributed by atoms with E-state index in [1.807, 2.05) is 0 Å². The molecule has 0 bridgehead atoms. The zero-order chi connectivity index (χ0) is 20.2. The number of hydrogen-bond donors (Lipinski definition) is 3. The molecule has 1 fully saturated rings. The molecule has 4 N–H and O–H groups in total. The van der Waals surface area contributed by atoms with Crippen LogP contribution in [0.5, 0.6) is 0 Å². The molecular formula is C18H20N2O6S. The number of hydrogen-bond acceptors (Lipinski definition) is 5. The summed E-state index contributed by atoms with van der Waals surface area (Å²) in [6.07, 6.45) is 0. The molecule has 9 heteroatoms. The zero-order valence-corrected chi connectivity index (χ0v) is 15.4. The minimum absolute atomic E-state index is 0.0277. The number of carboxylic acid groups (broad SMARTS) is 2. The van der Waals surface area contributed by atoms with Gasteiger partial charge in [0, 0.05) is 19.6 Å². The molecule has 27 heavy (non-hydrogen) atoms. The van der Waals surface area contributed by atoms with Gasteiger partial charge in [0.05, 0.1) is 16.0 Å². The summed E-state index contributed by atoms with van der Waals surface area (Å²) in [5, 5.41) is 17.4. The summed E-state index contributed by atoms with van der Waals surface area (Å²) in [5.74, 6) is -2.22. The van der Waals surface area contributed by atoms with Crippen LogP contribution in [0.2, 0.25) is 0 Å². The number of nitrogens with two attached hydrogens (primary N) is 1. The van der Waals surface area contributed by atoms with Crippen molar-refractivity contribution in [3.63, 3.8) is 0 Å². The van der Waals surface area contributed by atoms with Crippen LogP contribution in [0.15, 0.2) is 47.4 Å². The van der Waals surface area contributed by atoms with Gasteiger partial charge in [-0.3, -0.25) is 0 Å². The summed E-state index contributed by atoms with van der Waals surface area (Å²) in [5.41, 5.74) is 6.70. The first-order valence-electron chi connectivity index (χ1n) is 8.04. The molecule has 0 aliphatic carbocycles. The maximum Gasteiger partial charge on any atom is 0.335 e. The number of sulfonamides is 1. The molecule has 1 heterocycles. The molecule has 0 unspecified atom stereocenters. The van der Waals surface area contributed by atoms with E-state index in [-0.39, 0.29) is 16.7 Å². The SMILES string of the molecule is Cc1c(C(=O)O)cccc1C(=O)O.NCc1ccc(S(=O)(=O)N2CC2)cc1. The smallest absolute Gasteiger partial charge is 0.335 e. The van der Waals surface area contributed by atoms with Crippen molar-refractivity contribution in [2.24, 2.45) is 5.73 Å². The number of carboxylic acids is 2. The van der Waals surface area contributed by atoms with Gasteiger partial charge in [0.15, 0.2) is 0 Å². The van der Waals surface area contributed by atoms with Crippen LogP contribution < -0.4 is 5.73 Å². The molecule has 0 saturated carbocycles. The average Bonchev–Trinajstić information content (AvgIpc) is 3.47. The van der Waals surface area contributed by atoms with Gasteiger partial charge < -0.3 is 15.9 Å². The van der Waals surface area contributed by atoms with Gasteiger partial charge in [-0.2, -0.15) is 4.31 Å². The molecule has 1 aliphatic heterocycles. The van der Waals surface area contributed by atoms with E-state index >= 15 is 0 Å². The summed E-state index contributed by atoms with van der Waals surface area (Å²) in [6.45, 7) is 3.19. The van der Waals surface area contributed by atoms with Crippen molar-refractivity contribution < 1.29 is 28.2 Å². The van der Waals surface area contributed by atoms with E-state index in [1.165, 1.54) is 29.4 Å². The predicted octanol–water partition coefficient (Wildman–Crippen LogP) is 1.54. The van der Waals surface area contributed by atoms with Crippen molar-refractivity contribution in [1.29, 1.82) is 0 Å². The predicted molar refractivity (Wildman–Crippen MR) is 98.2 cm³/mol. The molecular weight excluding hydrogens is 372 g/mol. The third kappa shape index (κ3) is 4.91. The molecule has 8 nitrogen and oxygen atoms in total. The molecule has 0 spiro atoms. The summed E-state index contributed by atoms with van der Waals surface area (Å²) >= 11 is 0.